The third kappa shape index (κ3) is 5.75. The highest BCUT2D eigenvalue weighted by molar-refractivity contribution is 7.89. The average Bonchev–Trinajstić information content (AvgIpc) is 2.69. The third-order valence-corrected chi connectivity index (χ3v) is 7.67. The van der Waals surface area contributed by atoms with Gasteiger partial charge in [-0.25, -0.2) is 13.4 Å². The smallest absolute Gasteiger partial charge is 0.222 e. The number of hydrogen-bond acceptors (Lipinski definition) is 5. The van der Waals surface area contributed by atoms with Gasteiger partial charge in [0.15, 0.2) is 0 Å². The fourth-order valence-corrected chi connectivity index (χ4v) is 5.75. The lowest BCUT2D eigenvalue weighted by Gasteiger charge is -2.35. The molecule has 0 spiro atoms. The van der Waals surface area contributed by atoms with E-state index >= 15 is 0 Å². The minimum absolute atomic E-state index is 0.115. The SMILES string of the molecule is CC(=O)Nc1nc(-c2ccc(N3CCN(S(=O)(=O)CC(C)C)CC3)cc2)c(Cl)cc1C. The number of aryl methyl sites for hydroxylation is 1. The second kappa shape index (κ2) is 9.54. The van der Waals surface area contributed by atoms with Gasteiger partial charge in [0.25, 0.3) is 0 Å². The number of halogens is 1. The van der Waals surface area contributed by atoms with E-state index in [-0.39, 0.29) is 17.6 Å². The number of benzene rings is 1. The first-order valence-electron chi connectivity index (χ1n) is 10.3. The number of anilines is 2. The van der Waals surface area contributed by atoms with Gasteiger partial charge in [-0.1, -0.05) is 37.6 Å². The van der Waals surface area contributed by atoms with Gasteiger partial charge >= 0.3 is 0 Å². The van der Waals surface area contributed by atoms with Crippen molar-refractivity contribution in [2.24, 2.45) is 5.92 Å². The fourth-order valence-electron chi connectivity index (χ4n) is 3.66. The van der Waals surface area contributed by atoms with Crippen LogP contribution in [-0.4, -0.2) is 55.5 Å². The van der Waals surface area contributed by atoms with Gasteiger partial charge in [0.2, 0.25) is 15.9 Å². The summed E-state index contributed by atoms with van der Waals surface area (Å²) in [7, 11) is -3.20. The number of amides is 1. The standard InChI is InChI=1S/C22H29ClN4O3S/c1-15(2)14-31(29,30)27-11-9-26(10-12-27)19-7-5-18(6-8-19)21-20(23)13-16(3)22(25-21)24-17(4)28/h5-8,13,15H,9-12,14H2,1-4H3,(H,24,25,28). The summed E-state index contributed by atoms with van der Waals surface area (Å²) in [5.74, 6) is 0.611. The molecule has 2 aromatic rings. The predicted molar refractivity (Wildman–Crippen MR) is 126 cm³/mol. The summed E-state index contributed by atoms with van der Waals surface area (Å²) in [5, 5.41) is 3.25. The number of sulfonamides is 1. The van der Waals surface area contributed by atoms with E-state index < -0.39 is 10.0 Å². The molecule has 1 aromatic heterocycles. The topological polar surface area (TPSA) is 82.6 Å². The van der Waals surface area contributed by atoms with Crippen molar-refractivity contribution in [2.75, 3.05) is 42.1 Å². The Kier molecular flexibility index (Phi) is 7.24. The third-order valence-electron chi connectivity index (χ3n) is 5.14. The Hall–Kier alpha value is -2.16. The number of nitrogens with one attached hydrogen (secondary N) is 1. The van der Waals surface area contributed by atoms with Crippen LogP contribution in [0.15, 0.2) is 30.3 Å². The van der Waals surface area contributed by atoms with Crippen LogP contribution in [0.1, 0.15) is 26.3 Å². The van der Waals surface area contributed by atoms with Crippen LogP contribution in [0, 0.1) is 12.8 Å². The lowest BCUT2D eigenvalue weighted by atomic mass is 10.1. The van der Waals surface area contributed by atoms with Crippen molar-refractivity contribution in [2.45, 2.75) is 27.7 Å². The zero-order valence-corrected chi connectivity index (χ0v) is 19.9. The van der Waals surface area contributed by atoms with Gasteiger partial charge in [-0.3, -0.25) is 4.79 Å². The van der Waals surface area contributed by atoms with Gasteiger partial charge in [-0.15, -0.1) is 0 Å². The molecular weight excluding hydrogens is 436 g/mol. The second-order valence-corrected chi connectivity index (χ2v) is 10.7. The van der Waals surface area contributed by atoms with Crippen molar-refractivity contribution in [1.29, 1.82) is 0 Å². The molecule has 0 radical (unpaired) electrons. The van der Waals surface area contributed by atoms with Gasteiger partial charge < -0.3 is 10.2 Å². The number of nitrogens with zero attached hydrogens (tertiary/aromatic N) is 3. The minimum Gasteiger partial charge on any atom is -0.369 e. The van der Waals surface area contributed by atoms with Gasteiger partial charge in [0.05, 0.1) is 16.5 Å². The predicted octanol–water partition coefficient (Wildman–Crippen LogP) is 3.78. The van der Waals surface area contributed by atoms with Crippen LogP contribution in [0.25, 0.3) is 11.3 Å². The van der Waals surface area contributed by atoms with Crippen molar-refractivity contribution in [3.05, 3.63) is 40.9 Å². The van der Waals surface area contributed by atoms with Gasteiger partial charge in [-0.2, -0.15) is 4.31 Å². The molecule has 0 unspecified atom stereocenters. The lowest BCUT2D eigenvalue weighted by Crippen LogP contribution is -2.49. The maximum atomic E-state index is 12.5. The highest BCUT2D eigenvalue weighted by atomic mass is 35.5. The van der Waals surface area contributed by atoms with E-state index in [2.05, 4.69) is 15.2 Å². The molecule has 7 nitrogen and oxygen atoms in total. The normalized spacial score (nSPS) is 15.4. The van der Waals surface area contributed by atoms with E-state index in [1.54, 1.807) is 10.4 Å². The molecule has 3 rings (SSSR count). The molecule has 0 saturated carbocycles. The largest absolute Gasteiger partial charge is 0.369 e. The molecule has 0 atom stereocenters. The molecule has 1 amide bonds. The van der Waals surface area contributed by atoms with Crippen LogP contribution in [0.4, 0.5) is 11.5 Å². The summed E-state index contributed by atoms with van der Waals surface area (Å²) < 4.78 is 26.5. The molecule has 1 saturated heterocycles. The number of pyridine rings is 1. The first-order chi connectivity index (χ1) is 14.6. The van der Waals surface area contributed by atoms with Crippen LogP contribution < -0.4 is 10.2 Å². The summed E-state index contributed by atoms with van der Waals surface area (Å²) in [5.41, 5.74) is 3.27. The van der Waals surface area contributed by atoms with Crippen LogP contribution in [0.2, 0.25) is 5.02 Å². The molecule has 168 valence electrons. The molecule has 1 N–H and O–H groups in total. The Morgan fingerprint density at radius 3 is 2.32 bits per heavy atom. The summed E-state index contributed by atoms with van der Waals surface area (Å²) in [6.45, 7) is 9.40. The highest BCUT2D eigenvalue weighted by Crippen LogP contribution is 2.31. The maximum absolute atomic E-state index is 12.5. The minimum atomic E-state index is -3.20. The molecule has 0 aliphatic carbocycles. The van der Waals surface area contributed by atoms with Crippen LogP contribution >= 0.6 is 11.6 Å². The Labute approximate surface area is 189 Å². The van der Waals surface area contributed by atoms with Crippen molar-refractivity contribution in [3.63, 3.8) is 0 Å². The van der Waals surface area contributed by atoms with Crippen molar-refractivity contribution < 1.29 is 13.2 Å². The van der Waals surface area contributed by atoms with E-state index in [1.165, 1.54) is 6.92 Å². The quantitative estimate of drug-likeness (QED) is 0.703. The Morgan fingerprint density at radius 2 is 1.77 bits per heavy atom. The maximum Gasteiger partial charge on any atom is 0.222 e. The number of carbonyl (C=O) groups is 1. The van der Waals surface area contributed by atoms with E-state index in [0.717, 1.165) is 16.8 Å². The number of aromatic nitrogens is 1. The van der Waals surface area contributed by atoms with Gasteiger partial charge in [0.1, 0.15) is 5.82 Å². The Morgan fingerprint density at radius 1 is 1.16 bits per heavy atom. The van der Waals surface area contributed by atoms with Crippen LogP contribution in [-0.2, 0) is 14.8 Å². The molecule has 1 fully saturated rings. The first kappa shape index (κ1) is 23.5. The number of carbonyl (C=O) groups excluding carboxylic acids is 1. The number of piperazine rings is 1. The number of hydrogen-bond donors (Lipinski definition) is 1. The molecule has 1 aromatic carbocycles. The molecular formula is C22H29ClN4O3S. The summed E-state index contributed by atoms with van der Waals surface area (Å²) in [6, 6.07) is 9.66. The van der Waals surface area contributed by atoms with Gasteiger partial charge in [-0.05, 0) is 36.6 Å². The molecule has 0 bridgehead atoms. The molecule has 1 aliphatic rings. The first-order valence-corrected chi connectivity index (χ1v) is 12.3. The lowest BCUT2D eigenvalue weighted by molar-refractivity contribution is -0.114. The van der Waals surface area contributed by atoms with E-state index in [1.807, 2.05) is 45.0 Å². The summed E-state index contributed by atoms with van der Waals surface area (Å²) >= 11 is 6.41. The zero-order valence-electron chi connectivity index (χ0n) is 18.4. The van der Waals surface area contributed by atoms with Gasteiger partial charge in [0, 0.05) is 44.4 Å². The molecule has 2 heterocycles. The molecule has 1 aliphatic heterocycles. The second-order valence-electron chi connectivity index (χ2n) is 8.27. The van der Waals surface area contributed by atoms with Crippen molar-refractivity contribution in [1.82, 2.24) is 9.29 Å². The van der Waals surface area contributed by atoms with E-state index in [0.29, 0.717) is 42.7 Å². The molecule has 31 heavy (non-hydrogen) atoms. The van der Waals surface area contributed by atoms with Crippen molar-refractivity contribution >= 4 is 39.0 Å². The van der Waals surface area contributed by atoms with E-state index in [4.69, 9.17) is 11.6 Å². The van der Waals surface area contributed by atoms with Crippen LogP contribution in [0.5, 0.6) is 0 Å². The van der Waals surface area contributed by atoms with E-state index in [9.17, 15) is 13.2 Å². The van der Waals surface area contributed by atoms with Crippen molar-refractivity contribution in [3.8, 4) is 11.3 Å². The number of rotatable bonds is 6. The average molecular weight is 465 g/mol. The molecule has 9 heteroatoms. The zero-order chi connectivity index (χ0) is 22.8. The monoisotopic (exact) mass is 464 g/mol. The fraction of sp³-hybridized carbons (Fsp3) is 0.455. The summed E-state index contributed by atoms with van der Waals surface area (Å²) in [6.07, 6.45) is 0. The summed E-state index contributed by atoms with van der Waals surface area (Å²) in [4.78, 5) is 18.1. The highest BCUT2D eigenvalue weighted by Gasteiger charge is 2.27. The Bertz CT molecular complexity index is 1050. The van der Waals surface area contributed by atoms with Crippen LogP contribution in [0.3, 0.4) is 0 Å². The Balaban J connectivity index is 1.73.